The molecule has 0 aliphatic carbocycles. The summed E-state index contributed by atoms with van der Waals surface area (Å²) in [5.74, 6) is -4.36. The van der Waals surface area contributed by atoms with Crippen LogP contribution in [0.5, 0.6) is 0 Å². The summed E-state index contributed by atoms with van der Waals surface area (Å²) in [5, 5.41) is 19.5. The molecule has 144 valence electrons. The van der Waals surface area contributed by atoms with Crippen LogP contribution < -0.4 is 5.11 Å². The number of allylic oxidation sites excluding steroid dienone is 2. The second-order valence-corrected chi connectivity index (χ2v) is 6.31. The van der Waals surface area contributed by atoms with Crippen LogP contribution in [-0.4, -0.2) is 29.1 Å². The third kappa shape index (κ3) is 13.2. The Morgan fingerprint density at radius 1 is 1.04 bits per heavy atom. The first kappa shape index (κ1) is 23.1. The molecular formula is C19H31O6-. The number of carboxylic acids is 2. The molecule has 0 fully saturated rings. The Morgan fingerprint density at radius 3 is 2.20 bits per heavy atom. The van der Waals surface area contributed by atoms with Crippen molar-refractivity contribution in [2.24, 2.45) is 5.92 Å². The fourth-order valence-corrected chi connectivity index (χ4v) is 2.38. The number of unbranched alkanes of at least 4 members (excludes halogenated alkanes) is 7. The molecule has 0 saturated heterocycles. The summed E-state index contributed by atoms with van der Waals surface area (Å²) < 4.78 is 4.75. The minimum absolute atomic E-state index is 0.204. The molecule has 2 unspecified atom stereocenters. The lowest BCUT2D eigenvalue weighted by atomic mass is 10.0. The van der Waals surface area contributed by atoms with Gasteiger partial charge in [0.2, 0.25) is 0 Å². The number of hydrogen-bond acceptors (Lipinski definition) is 5. The summed E-state index contributed by atoms with van der Waals surface area (Å²) in [4.78, 5) is 33.3. The number of ether oxygens (including phenoxy) is 1. The number of carbonyl (C=O) groups excluding carboxylic acids is 2. The molecule has 0 aromatic rings. The second kappa shape index (κ2) is 14.5. The van der Waals surface area contributed by atoms with Gasteiger partial charge in [0, 0.05) is 12.4 Å². The lowest BCUT2D eigenvalue weighted by Crippen LogP contribution is -2.32. The Morgan fingerprint density at radius 2 is 1.64 bits per heavy atom. The highest BCUT2D eigenvalue weighted by molar-refractivity contribution is 5.81. The Balaban J connectivity index is 4.11. The van der Waals surface area contributed by atoms with E-state index in [0.717, 1.165) is 19.3 Å². The Kier molecular flexibility index (Phi) is 13.4. The highest BCUT2D eigenvalue weighted by Gasteiger charge is 2.24. The van der Waals surface area contributed by atoms with Crippen molar-refractivity contribution in [3.05, 3.63) is 12.2 Å². The maximum Gasteiger partial charge on any atom is 0.344 e. The smallest absolute Gasteiger partial charge is 0.344 e. The predicted octanol–water partition coefficient (Wildman–Crippen LogP) is 2.85. The molecule has 0 rings (SSSR count). The van der Waals surface area contributed by atoms with Crippen LogP contribution in [0.1, 0.15) is 78.1 Å². The highest BCUT2D eigenvalue weighted by Crippen LogP contribution is 2.14. The average Bonchev–Trinajstić information content (AvgIpc) is 2.54. The molecule has 0 spiro atoms. The first-order valence-electron chi connectivity index (χ1n) is 9.16. The van der Waals surface area contributed by atoms with Gasteiger partial charge in [-0.25, -0.2) is 4.79 Å². The molecule has 0 bridgehead atoms. The van der Waals surface area contributed by atoms with E-state index in [2.05, 4.69) is 6.92 Å². The van der Waals surface area contributed by atoms with Gasteiger partial charge in [-0.3, -0.25) is 4.79 Å². The minimum Gasteiger partial charge on any atom is -0.550 e. The normalized spacial score (nSPS) is 13.5. The number of rotatable bonds is 15. The zero-order valence-electron chi connectivity index (χ0n) is 15.4. The molecule has 0 radical (unpaired) electrons. The number of carbonyl (C=O) groups is 3. The third-order valence-electron chi connectivity index (χ3n) is 3.95. The van der Waals surface area contributed by atoms with Gasteiger partial charge in [-0.1, -0.05) is 57.6 Å². The first-order chi connectivity index (χ1) is 11.9. The summed E-state index contributed by atoms with van der Waals surface area (Å²) in [6.45, 7) is 3.42. The van der Waals surface area contributed by atoms with Gasteiger partial charge in [0.1, 0.15) is 0 Å². The summed E-state index contributed by atoms with van der Waals surface area (Å²) in [6, 6.07) is 0. The molecule has 0 heterocycles. The van der Waals surface area contributed by atoms with Crippen molar-refractivity contribution in [2.75, 3.05) is 0 Å². The molecule has 25 heavy (non-hydrogen) atoms. The Hall–Kier alpha value is -1.85. The van der Waals surface area contributed by atoms with Gasteiger partial charge >= 0.3 is 11.9 Å². The summed E-state index contributed by atoms with van der Waals surface area (Å²) >= 11 is 0. The van der Waals surface area contributed by atoms with Crippen molar-refractivity contribution in [3.63, 3.8) is 0 Å². The third-order valence-corrected chi connectivity index (χ3v) is 3.95. The van der Waals surface area contributed by atoms with Gasteiger partial charge in [-0.2, -0.15) is 0 Å². The topological polar surface area (TPSA) is 104 Å². The minimum atomic E-state index is -1.36. The Bertz CT molecular complexity index is 430. The highest BCUT2D eigenvalue weighted by atomic mass is 16.6. The molecule has 2 atom stereocenters. The summed E-state index contributed by atoms with van der Waals surface area (Å²) in [7, 11) is 0. The van der Waals surface area contributed by atoms with Gasteiger partial charge < -0.3 is 19.7 Å². The Labute approximate surface area is 150 Å². The second-order valence-electron chi connectivity index (χ2n) is 6.31. The molecule has 0 aromatic heterocycles. The van der Waals surface area contributed by atoms with E-state index in [-0.39, 0.29) is 6.42 Å². The fourth-order valence-electron chi connectivity index (χ4n) is 2.38. The zero-order chi connectivity index (χ0) is 19.1. The van der Waals surface area contributed by atoms with Crippen molar-refractivity contribution >= 4 is 17.9 Å². The van der Waals surface area contributed by atoms with Crippen LogP contribution in [0.3, 0.4) is 0 Å². The van der Waals surface area contributed by atoms with Crippen LogP contribution in [0, 0.1) is 5.92 Å². The van der Waals surface area contributed by atoms with E-state index in [0.29, 0.717) is 0 Å². The van der Waals surface area contributed by atoms with E-state index in [1.54, 1.807) is 6.08 Å². The molecule has 0 aliphatic rings. The standard InChI is InChI=1S/C19H32O6/c1-3-4-5-6-7-8-9-10-11-12-13-16(14-17(20)21)19(24)25-15(2)18(22)23/h11-12,15-16H,3-10,13-14H2,1-2H3,(H,20,21)(H,22,23)/p-1. The molecule has 0 aliphatic heterocycles. The maximum atomic E-state index is 11.9. The van der Waals surface area contributed by atoms with Gasteiger partial charge in [0.25, 0.3) is 0 Å². The maximum absolute atomic E-state index is 11.9. The van der Waals surface area contributed by atoms with Crippen molar-refractivity contribution in [2.45, 2.75) is 84.2 Å². The lowest BCUT2D eigenvalue weighted by Gasteiger charge is -2.16. The largest absolute Gasteiger partial charge is 0.550 e. The van der Waals surface area contributed by atoms with Crippen LogP contribution in [-0.2, 0) is 19.1 Å². The molecule has 1 N–H and O–H groups in total. The molecule has 0 amide bonds. The summed E-state index contributed by atoms with van der Waals surface area (Å²) in [5.41, 5.74) is 0. The van der Waals surface area contributed by atoms with Gasteiger partial charge in [0.15, 0.2) is 6.10 Å². The van der Waals surface area contributed by atoms with Crippen molar-refractivity contribution < 1.29 is 29.3 Å². The molecule has 0 saturated carbocycles. The van der Waals surface area contributed by atoms with E-state index in [4.69, 9.17) is 9.84 Å². The van der Waals surface area contributed by atoms with Crippen LogP contribution in [0.2, 0.25) is 0 Å². The van der Waals surface area contributed by atoms with Crippen LogP contribution in [0.25, 0.3) is 0 Å². The lowest BCUT2D eigenvalue weighted by molar-refractivity contribution is -0.306. The van der Waals surface area contributed by atoms with E-state index in [1.807, 2.05) is 6.08 Å². The number of carboxylic acid groups (broad SMARTS) is 2. The molecule has 6 heteroatoms. The van der Waals surface area contributed by atoms with Gasteiger partial charge in [0.05, 0.1) is 5.92 Å². The average molecular weight is 355 g/mol. The quantitative estimate of drug-likeness (QED) is 0.275. The van der Waals surface area contributed by atoms with Gasteiger partial charge in [-0.05, 0) is 26.2 Å². The van der Waals surface area contributed by atoms with E-state index in [1.165, 1.54) is 39.0 Å². The first-order valence-corrected chi connectivity index (χ1v) is 9.16. The fraction of sp³-hybridized carbons (Fsp3) is 0.737. The SMILES string of the molecule is CCCCCCCCCC=CCC(CC(=O)[O-])C(=O)OC(C)C(=O)O. The van der Waals surface area contributed by atoms with Crippen LogP contribution >= 0.6 is 0 Å². The van der Waals surface area contributed by atoms with Crippen LogP contribution in [0.15, 0.2) is 12.2 Å². The van der Waals surface area contributed by atoms with Crippen molar-refractivity contribution in [1.82, 2.24) is 0 Å². The predicted molar refractivity (Wildman–Crippen MR) is 92.7 cm³/mol. The zero-order valence-corrected chi connectivity index (χ0v) is 15.4. The number of esters is 1. The number of hydrogen-bond donors (Lipinski definition) is 1. The van der Waals surface area contributed by atoms with Crippen molar-refractivity contribution in [1.29, 1.82) is 0 Å². The molecule has 6 nitrogen and oxygen atoms in total. The van der Waals surface area contributed by atoms with E-state index < -0.39 is 36.4 Å². The van der Waals surface area contributed by atoms with E-state index in [9.17, 15) is 19.5 Å². The van der Waals surface area contributed by atoms with E-state index >= 15 is 0 Å². The number of aliphatic carboxylic acids is 2. The van der Waals surface area contributed by atoms with Gasteiger partial charge in [-0.15, -0.1) is 0 Å². The monoisotopic (exact) mass is 355 g/mol. The van der Waals surface area contributed by atoms with Crippen LogP contribution in [0.4, 0.5) is 0 Å². The molecular weight excluding hydrogens is 324 g/mol. The van der Waals surface area contributed by atoms with Crippen molar-refractivity contribution in [3.8, 4) is 0 Å². The molecule has 0 aromatic carbocycles. The summed E-state index contributed by atoms with van der Waals surface area (Å²) in [6.07, 6.45) is 11.5.